The lowest BCUT2D eigenvalue weighted by Crippen LogP contribution is -2.32. The number of halogens is 1. The van der Waals surface area contributed by atoms with Crippen molar-refractivity contribution in [3.63, 3.8) is 0 Å². The Morgan fingerprint density at radius 1 is 1.47 bits per heavy atom. The molecule has 1 heterocycles. The van der Waals surface area contributed by atoms with Crippen LogP contribution in [0.2, 0.25) is 0 Å². The minimum atomic E-state index is -0.861. The molecule has 1 amide bonds. The predicted molar refractivity (Wildman–Crippen MR) is 68.3 cm³/mol. The molecule has 0 saturated carbocycles. The van der Waals surface area contributed by atoms with Gasteiger partial charge in [0.15, 0.2) is 6.61 Å². The fourth-order valence-corrected chi connectivity index (χ4v) is 2.14. The lowest BCUT2D eigenvalue weighted by molar-refractivity contribution is -0.132. The molecule has 0 radical (unpaired) electrons. The van der Waals surface area contributed by atoms with Gasteiger partial charge in [0.05, 0.1) is 6.10 Å². The molecule has 1 atom stereocenters. The lowest BCUT2D eigenvalue weighted by atomic mass is 10.1. The summed E-state index contributed by atoms with van der Waals surface area (Å²) in [7, 11) is 0. The van der Waals surface area contributed by atoms with Gasteiger partial charge in [0.25, 0.3) is 5.91 Å². The van der Waals surface area contributed by atoms with Crippen LogP contribution in [0.1, 0.15) is 31.4 Å². The fraction of sp³-hybridized carbons (Fsp3) is 0.500. The van der Waals surface area contributed by atoms with Crippen molar-refractivity contribution in [1.29, 1.82) is 0 Å². The zero-order valence-electron chi connectivity index (χ0n) is 10.9. The Morgan fingerprint density at radius 2 is 2.16 bits per heavy atom. The van der Waals surface area contributed by atoms with Crippen LogP contribution in [0.3, 0.4) is 0 Å². The molecule has 1 saturated heterocycles. The zero-order valence-corrected chi connectivity index (χ0v) is 10.9. The Kier molecular flexibility index (Phi) is 4.37. The first-order valence-corrected chi connectivity index (χ1v) is 6.46. The largest absolute Gasteiger partial charge is 0.484 e. The summed E-state index contributed by atoms with van der Waals surface area (Å²) in [5, 5.41) is 9.32. The second-order valence-electron chi connectivity index (χ2n) is 4.74. The molecule has 5 heteroatoms. The van der Waals surface area contributed by atoms with Gasteiger partial charge in [-0.15, -0.1) is 0 Å². The number of benzene rings is 1. The van der Waals surface area contributed by atoms with Gasteiger partial charge in [0.2, 0.25) is 0 Å². The van der Waals surface area contributed by atoms with Crippen molar-refractivity contribution in [2.75, 3.05) is 19.7 Å². The van der Waals surface area contributed by atoms with Gasteiger partial charge >= 0.3 is 0 Å². The van der Waals surface area contributed by atoms with E-state index in [1.54, 1.807) is 11.0 Å². The van der Waals surface area contributed by atoms with Crippen LogP contribution in [-0.2, 0) is 4.79 Å². The molecule has 1 aromatic rings. The predicted octanol–water partition coefficient (Wildman–Crippen LogP) is 1.88. The number of likely N-dealkylation sites (tertiary alicyclic amines) is 1. The minimum Gasteiger partial charge on any atom is -0.484 e. The molecule has 1 aliphatic rings. The molecule has 0 aliphatic carbocycles. The Morgan fingerprint density at radius 3 is 2.74 bits per heavy atom. The molecule has 1 fully saturated rings. The number of nitrogens with zero attached hydrogens (tertiary/aromatic N) is 1. The van der Waals surface area contributed by atoms with Crippen molar-refractivity contribution >= 4 is 5.91 Å². The number of rotatable bonds is 4. The molecule has 104 valence electrons. The Hall–Kier alpha value is -1.62. The third-order valence-electron chi connectivity index (χ3n) is 3.24. The summed E-state index contributed by atoms with van der Waals surface area (Å²) in [6, 6.07) is 4.22. The van der Waals surface area contributed by atoms with E-state index in [1.165, 1.54) is 19.1 Å². The van der Waals surface area contributed by atoms with E-state index in [9.17, 15) is 14.3 Å². The van der Waals surface area contributed by atoms with Crippen molar-refractivity contribution in [3.8, 4) is 5.75 Å². The van der Waals surface area contributed by atoms with Crippen molar-refractivity contribution in [1.82, 2.24) is 4.90 Å². The fourth-order valence-electron chi connectivity index (χ4n) is 2.14. The van der Waals surface area contributed by atoms with Crippen LogP contribution < -0.4 is 4.74 Å². The highest BCUT2D eigenvalue weighted by atomic mass is 19.1. The molecule has 0 unspecified atom stereocenters. The Bertz CT molecular complexity index is 456. The molecule has 0 spiro atoms. The van der Waals surface area contributed by atoms with E-state index in [-0.39, 0.29) is 18.1 Å². The molecule has 1 N–H and O–H groups in total. The molecule has 1 aromatic carbocycles. The summed E-state index contributed by atoms with van der Waals surface area (Å²) in [4.78, 5) is 13.5. The summed E-state index contributed by atoms with van der Waals surface area (Å²) < 4.78 is 18.9. The van der Waals surface area contributed by atoms with Crippen LogP contribution in [0.4, 0.5) is 4.39 Å². The SMILES string of the molecule is C[C@@H](O)c1ccc(OCC(=O)N2CCCC2)cc1F. The number of carbonyl (C=O) groups excluding carboxylic acids is 1. The highest BCUT2D eigenvalue weighted by Crippen LogP contribution is 2.21. The van der Waals surface area contributed by atoms with Crippen molar-refractivity contribution in [2.24, 2.45) is 0 Å². The van der Waals surface area contributed by atoms with Gasteiger partial charge in [-0.1, -0.05) is 0 Å². The van der Waals surface area contributed by atoms with E-state index in [4.69, 9.17) is 4.74 Å². The first kappa shape index (κ1) is 13.8. The van der Waals surface area contributed by atoms with E-state index in [0.29, 0.717) is 5.75 Å². The molecule has 2 rings (SSSR count). The molecule has 0 aromatic heterocycles. The van der Waals surface area contributed by atoms with Crippen LogP contribution in [-0.4, -0.2) is 35.6 Å². The average Bonchev–Trinajstić information content (AvgIpc) is 2.89. The smallest absolute Gasteiger partial charge is 0.260 e. The van der Waals surface area contributed by atoms with E-state index < -0.39 is 11.9 Å². The van der Waals surface area contributed by atoms with Gasteiger partial charge in [-0.2, -0.15) is 0 Å². The molecule has 4 nitrogen and oxygen atoms in total. The maximum Gasteiger partial charge on any atom is 0.260 e. The molecular weight excluding hydrogens is 249 g/mol. The number of hydrogen-bond acceptors (Lipinski definition) is 3. The highest BCUT2D eigenvalue weighted by Gasteiger charge is 2.18. The van der Waals surface area contributed by atoms with Crippen LogP contribution >= 0.6 is 0 Å². The second-order valence-corrected chi connectivity index (χ2v) is 4.74. The van der Waals surface area contributed by atoms with Gasteiger partial charge < -0.3 is 14.7 Å². The number of aliphatic hydroxyl groups is 1. The number of aliphatic hydroxyl groups excluding tert-OH is 1. The maximum absolute atomic E-state index is 13.6. The van der Waals surface area contributed by atoms with Gasteiger partial charge in [0, 0.05) is 24.7 Å². The van der Waals surface area contributed by atoms with Gasteiger partial charge in [-0.25, -0.2) is 4.39 Å². The van der Waals surface area contributed by atoms with Crippen LogP contribution in [0, 0.1) is 5.82 Å². The third kappa shape index (κ3) is 3.44. The van der Waals surface area contributed by atoms with Gasteiger partial charge in [0.1, 0.15) is 11.6 Å². The summed E-state index contributed by atoms with van der Waals surface area (Å²) in [5.74, 6) is -0.298. The number of carbonyl (C=O) groups is 1. The minimum absolute atomic E-state index is 0.0717. The van der Waals surface area contributed by atoms with Crippen LogP contribution in [0.5, 0.6) is 5.75 Å². The van der Waals surface area contributed by atoms with Crippen molar-refractivity contribution < 1.29 is 19.0 Å². The molecular formula is C14H18FNO3. The molecule has 0 bridgehead atoms. The van der Waals surface area contributed by atoms with E-state index in [0.717, 1.165) is 25.9 Å². The van der Waals surface area contributed by atoms with Gasteiger partial charge in [-0.05, 0) is 31.9 Å². The summed E-state index contributed by atoms with van der Waals surface area (Å²) >= 11 is 0. The second kappa shape index (κ2) is 6.02. The highest BCUT2D eigenvalue weighted by molar-refractivity contribution is 5.78. The van der Waals surface area contributed by atoms with Crippen molar-refractivity contribution in [3.05, 3.63) is 29.6 Å². The maximum atomic E-state index is 13.6. The summed E-state index contributed by atoms with van der Waals surface area (Å²) in [6.07, 6.45) is 1.20. The molecule has 1 aliphatic heterocycles. The normalized spacial score (nSPS) is 16.5. The first-order chi connectivity index (χ1) is 9.08. The summed E-state index contributed by atoms with van der Waals surface area (Å²) in [6.45, 7) is 2.97. The van der Waals surface area contributed by atoms with Crippen LogP contribution in [0.25, 0.3) is 0 Å². The third-order valence-corrected chi connectivity index (χ3v) is 3.24. The topological polar surface area (TPSA) is 49.8 Å². The standard InChI is InChI=1S/C14H18FNO3/c1-10(17)12-5-4-11(8-13(12)15)19-9-14(18)16-6-2-3-7-16/h4-5,8,10,17H,2-3,6-7,9H2,1H3/t10-/m1/s1. The summed E-state index contributed by atoms with van der Waals surface area (Å²) in [5.41, 5.74) is 0.221. The monoisotopic (exact) mass is 267 g/mol. The molecule has 19 heavy (non-hydrogen) atoms. The zero-order chi connectivity index (χ0) is 13.8. The first-order valence-electron chi connectivity index (χ1n) is 6.46. The number of hydrogen-bond donors (Lipinski definition) is 1. The number of ether oxygens (including phenoxy) is 1. The van der Waals surface area contributed by atoms with E-state index in [2.05, 4.69) is 0 Å². The van der Waals surface area contributed by atoms with E-state index >= 15 is 0 Å². The van der Waals surface area contributed by atoms with Crippen molar-refractivity contribution in [2.45, 2.75) is 25.9 Å². The number of amides is 1. The van der Waals surface area contributed by atoms with Crippen LogP contribution in [0.15, 0.2) is 18.2 Å². The lowest BCUT2D eigenvalue weighted by Gasteiger charge is -2.16. The van der Waals surface area contributed by atoms with E-state index in [1.807, 2.05) is 0 Å². The quantitative estimate of drug-likeness (QED) is 0.906. The van der Waals surface area contributed by atoms with Gasteiger partial charge in [-0.3, -0.25) is 4.79 Å². The Balaban J connectivity index is 1.92. The Labute approximate surface area is 111 Å². The average molecular weight is 267 g/mol.